The Bertz CT molecular complexity index is 1030. The van der Waals surface area contributed by atoms with Gasteiger partial charge in [-0.1, -0.05) is 30.3 Å². The molecule has 0 bridgehead atoms. The number of fused-ring (bicyclic) bond motifs is 2. The van der Waals surface area contributed by atoms with Gasteiger partial charge in [-0.2, -0.15) is 0 Å². The summed E-state index contributed by atoms with van der Waals surface area (Å²) >= 11 is 0. The number of hydrogen-bond donors (Lipinski definition) is 2. The van der Waals surface area contributed by atoms with E-state index >= 15 is 0 Å². The van der Waals surface area contributed by atoms with Crippen LogP contribution < -0.4 is 10.1 Å². The molecule has 1 saturated heterocycles. The molecule has 0 aliphatic carbocycles. The molecule has 1 spiro atoms. The number of H-pyrrole nitrogens is 1. The first-order chi connectivity index (χ1) is 13.7. The van der Waals surface area contributed by atoms with Crippen molar-refractivity contribution in [3.8, 4) is 5.75 Å². The van der Waals surface area contributed by atoms with E-state index in [1.807, 2.05) is 24.3 Å². The number of hydrogen-bond acceptors (Lipinski definition) is 3. The lowest BCUT2D eigenvalue weighted by atomic mass is 9.71. The van der Waals surface area contributed by atoms with E-state index in [1.165, 1.54) is 22.2 Å². The van der Waals surface area contributed by atoms with Gasteiger partial charge in [0.25, 0.3) is 0 Å². The van der Waals surface area contributed by atoms with Crippen LogP contribution in [0.25, 0.3) is 10.9 Å². The third-order valence-corrected chi connectivity index (χ3v) is 6.58. The molecule has 1 aromatic heterocycles. The van der Waals surface area contributed by atoms with Crippen molar-refractivity contribution in [2.75, 3.05) is 13.1 Å². The second-order valence-corrected chi connectivity index (χ2v) is 8.14. The first kappa shape index (κ1) is 17.5. The number of aryl methyl sites for hydroxylation is 2. The lowest BCUT2D eigenvalue weighted by Crippen LogP contribution is -2.56. The number of rotatable bonds is 3. The van der Waals surface area contributed by atoms with Crippen LogP contribution in [0.5, 0.6) is 5.75 Å². The Morgan fingerprint density at radius 3 is 2.68 bits per heavy atom. The number of benzene rings is 2. The maximum atomic E-state index is 13.5. The summed E-state index contributed by atoms with van der Waals surface area (Å²) in [6, 6.07) is 16.2. The van der Waals surface area contributed by atoms with E-state index in [9.17, 15) is 4.79 Å². The summed E-state index contributed by atoms with van der Waals surface area (Å²) in [5.74, 6) is 0.910. The first-order valence-electron chi connectivity index (χ1n) is 10.3. The van der Waals surface area contributed by atoms with Crippen molar-refractivity contribution in [2.45, 2.75) is 38.2 Å². The average molecular weight is 374 g/mol. The van der Waals surface area contributed by atoms with E-state index in [-0.39, 0.29) is 17.3 Å². The van der Waals surface area contributed by atoms with Crippen LogP contribution in [0.15, 0.2) is 48.5 Å². The standard InChI is InChI=1S/C24H26N2O2/c1-16-17(18-6-2-4-8-21(18)26-16)10-11-20-23(27)19-7-3-5-9-22(19)28-24(20)12-14-25-15-13-24/h2-9,20,25-26H,10-15H2,1H3. The molecule has 0 radical (unpaired) electrons. The third kappa shape index (κ3) is 2.75. The fourth-order valence-corrected chi connectivity index (χ4v) is 5.12. The van der Waals surface area contributed by atoms with Crippen LogP contribution in [0.2, 0.25) is 0 Å². The van der Waals surface area contributed by atoms with Crippen molar-refractivity contribution in [1.29, 1.82) is 0 Å². The van der Waals surface area contributed by atoms with Crippen molar-refractivity contribution in [3.63, 3.8) is 0 Å². The molecule has 28 heavy (non-hydrogen) atoms. The number of para-hydroxylation sites is 2. The van der Waals surface area contributed by atoms with Gasteiger partial charge in [0.1, 0.15) is 11.4 Å². The van der Waals surface area contributed by atoms with Crippen molar-refractivity contribution in [1.82, 2.24) is 10.3 Å². The zero-order valence-corrected chi connectivity index (χ0v) is 16.3. The lowest BCUT2D eigenvalue weighted by molar-refractivity contribution is -0.0233. The van der Waals surface area contributed by atoms with E-state index in [4.69, 9.17) is 4.74 Å². The molecule has 3 heterocycles. The van der Waals surface area contributed by atoms with E-state index in [0.29, 0.717) is 0 Å². The quantitative estimate of drug-likeness (QED) is 0.713. The Labute approximate surface area is 165 Å². The van der Waals surface area contributed by atoms with E-state index in [0.717, 1.165) is 50.1 Å². The number of piperidine rings is 1. The van der Waals surface area contributed by atoms with Gasteiger partial charge < -0.3 is 15.0 Å². The number of ketones is 1. The van der Waals surface area contributed by atoms with Crippen molar-refractivity contribution in [3.05, 3.63) is 65.4 Å². The van der Waals surface area contributed by atoms with E-state index in [1.54, 1.807) is 0 Å². The highest BCUT2D eigenvalue weighted by Gasteiger charge is 2.49. The molecule has 1 fully saturated rings. The minimum Gasteiger partial charge on any atom is -0.486 e. The van der Waals surface area contributed by atoms with Gasteiger partial charge in [0.15, 0.2) is 5.78 Å². The molecule has 2 aliphatic heterocycles. The highest BCUT2D eigenvalue weighted by molar-refractivity contribution is 6.02. The highest BCUT2D eigenvalue weighted by atomic mass is 16.5. The maximum Gasteiger partial charge on any atom is 0.173 e. The highest BCUT2D eigenvalue weighted by Crippen LogP contribution is 2.44. The Morgan fingerprint density at radius 1 is 1.07 bits per heavy atom. The molecular weight excluding hydrogens is 348 g/mol. The number of carbonyl (C=O) groups excluding carboxylic acids is 1. The first-order valence-corrected chi connectivity index (χ1v) is 10.3. The Kier molecular flexibility index (Phi) is 4.24. The molecule has 2 aromatic carbocycles. The monoisotopic (exact) mass is 374 g/mol. The van der Waals surface area contributed by atoms with Gasteiger partial charge in [-0.25, -0.2) is 0 Å². The van der Waals surface area contributed by atoms with Crippen LogP contribution in [0.4, 0.5) is 0 Å². The third-order valence-electron chi connectivity index (χ3n) is 6.58. The number of aromatic nitrogens is 1. The van der Waals surface area contributed by atoms with Gasteiger partial charge in [0.2, 0.25) is 0 Å². The van der Waals surface area contributed by atoms with Gasteiger partial charge in [-0.05, 0) is 56.6 Å². The fourth-order valence-electron chi connectivity index (χ4n) is 5.12. The van der Waals surface area contributed by atoms with Gasteiger partial charge in [0, 0.05) is 29.4 Å². The molecule has 2 aliphatic rings. The number of Topliss-reactive ketones (excluding diaryl/α,β-unsaturated/α-hetero) is 1. The Balaban J connectivity index is 1.49. The summed E-state index contributed by atoms with van der Waals surface area (Å²) in [5.41, 5.74) is 4.06. The molecule has 3 aromatic rings. The molecule has 5 rings (SSSR count). The number of aromatic amines is 1. The smallest absolute Gasteiger partial charge is 0.173 e. The fraction of sp³-hybridized carbons (Fsp3) is 0.375. The van der Waals surface area contributed by atoms with Crippen molar-refractivity contribution in [2.24, 2.45) is 5.92 Å². The summed E-state index contributed by atoms with van der Waals surface area (Å²) < 4.78 is 6.56. The summed E-state index contributed by atoms with van der Waals surface area (Å²) in [6.07, 6.45) is 3.46. The predicted molar refractivity (Wildman–Crippen MR) is 111 cm³/mol. The van der Waals surface area contributed by atoms with Crippen LogP contribution in [-0.2, 0) is 6.42 Å². The molecule has 144 valence electrons. The summed E-state index contributed by atoms with van der Waals surface area (Å²) in [4.78, 5) is 17.0. The van der Waals surface area contributed by atoms with Crippen molar-refractivity contribution < 1.29 is 9.53 Å². The molecule has 2 N–H and O–H groups in total. The predicted octanol–water partition coefficient (Wildman–Crippen LogP) is 4.42. The largest absolute Gasteiger partial charge is 0.486 e. The number of ether oxygens (including phenoxy) is 1. The zero-order chi connectivity index (χ0) is 19.1. The van der Waals surface area contributed by atoms with Gasteiger partial charge >= 0.3 is 0 Å². The van der Waals surface area contributed by atoms with Crippen molar-refractivity contribution >= 4 is 16.7 Å². The molecule has 1 atom stereocenters. The minimum absolute atomic E-state index is 0.0995. The molecule has 4 heteroatoms. The normalized spacial score (nSPS) is 20.9. The SMILES string of the molecule is Cc1[nH]c2ccccc2c1CCC1C(=O)c2ccccc2OC12CCNCC2. The second-order valence-electron chi connectivity index (χ2n) is 8.14. The Morgan fingerprint density at radius 2 is 1.82 bits per heavy atom. The minimum atomic E-state index is -0.378. The van der Waals surface area contributed by atoms with Crippen LogP contribution in [0.1, 0.15) is 40.9 Å². The van der Waals surface area contributed by atoms with E-state index < -0.39 is 0 Å². The molecule has 4 nitrogen and oxygen atoms in total. The van der Waals surface area contributed by atoms with Gasteiger partial charge in [-0.3, -0.25) is 4.79 Å². The maximum absolute atomic E-state index is 13.5. The zero-order valence-electron chi connectivity index (χ0n) is 16.3. The summed E-state index contributed by atoms with van der Waals surface area (Å²) in [5, 5.41) is 4.69. The second kappa shape index (κ2) is 6.78. The molecular formula is C24H26N2O2. The number of nitrogens with one attached hydrogen (secondary N) is 2. The van der Waals surface area contributed by atoms with Crippen LogP contribution >= 0.6 is 0 Å². The number of carbonyl (C=O) groups is 1. The summed E-state index contributed by atoms with van der Waals surface area (Å²) in [7, 11) is 0. The summed E-state index contributed by atoms with van der Waals surface area (Å²) in [6.45, 7) is 3.93. The molecule has 1 unspecified atom stereocenters. The lowest BCUT2D eigenvalue weighted by Gasteiger charge is -2.46. The molecule has 0 amide bonds. The van der Waals surface area contributed by atoms with Crippen LogP contribution in [-0.4, -0.2) is 29.5 Å². The topological polar surface area (TPSA) is 54.1 Å². The van der Waals surface area contributed by atoms with Gasteiger partial charge in [-0.15, -0.1) is 0 Å². The Hall–Kier alpha value is -2.59. The molecule has 0 saturated carbocycles. The van der Waals surface area contributed by atoms with E-state index in [2.05, 4.69) is 41.5 Å². The van der Waals surface area contributed by atoms with Crippen LogP contribution in [0.3, 0.4) is 0 Å². The van der Waals surface area contributed by atoms with Crippen LogP contribution in [0, 0.1) is 12.8 Å². The van der Waals surface area contributed by atoms with Gasteiger partial charge in [0.05, 0.1) is 11.5 Å². The average Bonchev–Trinajstić information content (AvgIpc) is 3.04.